The molecule has 1 aromatic rings. The van der Waals surface area contributed by atoms with Gasteiger partial charge in [-0.3, -0.25) is 19.7 Å². The molecular formula is C15H21N3O5. The second kappa shape index (κ2) is 9.39. The number of urea groups is 1. The Kier molecular flexibility index (Phi) is 7.52. The van der Waals surface area contributed by atoms with Crippen LogP contribution in [0.15, 0.2) is 29.2 Å². The van der Waals surface area contributed by atoms with E-state index in [0.29, 0.717) is 12.5 Å². The number of nitrogens with zero attached hydrogens (tertiary/aromatic N) is 1. The third kappa shape index (κ3) is 7.79. The van der Waals surface area contributed by atoms with Gasteiger partial charge >= 0.3 is 12.0 Å². The highest BCUT2D eigenvalue weighted by molar-refractivity contribution is 5.95. The van der Waals surface area contributed by atoms with Crippen LogP contribution in [-0.2, 0) is 20.9 Å². The number of pyridine rings is 1. The number of rotatable bonds is 7. The third-order valence-electron chi connectivity index (χ3n) is 2.82. The highest BCUT2D eigenvalue weighted by atomic mass is 16.5. The Balaban J connectivity index is 2.27. The molecule has 0 spiro atoms. The number of carbonyl (C=O) groups excluding carboxylic acids is 3. The minimum Gasteiger partial charge on any atom is -0.454 e. The highest BCUT2D eigenvalue weighted by Gasteiger charge is 2.11. The van der Waals surface area contributed by atoms with Crippen molar-refractivity contribution in [1.29, 1.82) is 0 Å². The van der Waals surface area contributed by atoms with E-state index in [-0.39, 0.29) is 12.1 Å². The molecule has 3 amide bonds. The lowest BCUT2D eigenvalue weighted by molar-refractivity contribution is -0.148. The van der Waals surface area contributed by atoms with E-state index in [4.69, 9.17) is 4.74 Å². The van der Waals surface area contributed by atoms with Gasteiger partial charge in [-0.05, 0) is 18.4 Å². The van der Waals surface area contributed by atoms with E-state index in [1.165, 1.54) is 12.3 Å². The molecule has 8 heteroatoms. The molecule has 0 aliphatic rings. The number of hydrogen-bond donors (Lipinski definition) is 2. The van der Waals surface area contributed by atoms with Crippen LogP contribution in [-0.4, -0.2) is 35.6 Å². The molecule has 0 aliphatic heterocycles. The van der Waals surface area contributed by atoms with Gasteiger partial charge in [-0.15, -0.1) is 0 Å². The number of imide groups is 1. The first-order valence-corrected chi connectivity index (χ1v) is 7.27. The van der Waals surface area contributed by atoms with E-state index >= 15 is 0 Å². The highest BCUT2D eigenvalue weighted by Crippen LogP contribution is 1.95. The van der Waals surface area contributed by atoms with Crippen LogP contribution in [0.25, 0.3) is 0 Å². The number of hydrogen-bond acceptors (Lipinski definition) is 5. The normalized spacial score (nSPS) is 10.2. The number of amides is 3. The Morgan fingerprint density at radius 3 is 2.65 bits per heavy atom. The molecular weight excluding hydrogens is 302 g/mol. The molecule has 0 radical (unpaired) electrons. The van der Waals surface area contributed by atoms with Crippen molar-refractivity contribution in [3.63, 3.8) is 0 Å². The Hall–Kier alpha value is -2.64. The van der Waals surface area contributed by atoms with Crippen molar-refractivity contribution >= 4 is 17.9 Å². The average molecular weight is 323 g/mol. The molecule has 0 fully saturated rings. The van der Waals surface area contributed by atoms with Gasteiger partial charge in [-0.1, -0.05) is 19.9 Å². The zero-order chi connectivity index (χ0) is 17.2. The molecule has 0 aromatic carbocycles. The first kappa shape index (κ1) is 18.4. The number of ether oxygens (including phenoxy) is 1. The largest absolute Gasteiger partial charge is 0.454 e. The summed E-state index contributed by atoms with van der Waals surface area (Å²) < 4.78 is 5.87. The van der Waals surface area contributed by atoms with Crippen molar-refractivity contribution in [3.8, 4) is 0 Å². The molecule has 0 saturated carbocycles. The first-order chi connectivity index (χ1) is 10.9. The number of aromatic nitrogens is 1. The van der Waals surface area contributed by atoms with Crippen LogP contribution in [0.1, 0.15) is 20.3 Å². The predicted octanol–water partition coefficient (Wildman–Crippen LogP) is 0.263. The molecule has 0 bridgehead atoms. The van der Waals surface area contributed by atoms with Crippen molar-refractivity contribution < 1.29 is 19.1 Å². The van der Waals surface area contributed by atoms with Crippen LogP contribution in [0.5, 0.6) is 0 Å². The van der Waals surface area contributed by atoms with Crippen molar-refractivity contribution in [3.05, 3.63) is 34.7 Å². The van der Waals surface area contributed by atoms with Crippen LogP contribution in [0.2, 0.25) is 0 Å². The Morgan fingerprint density at radius 1 is 1.26 bits per heavy atom. The van der Waals surface area contributed by atoms with Gasteiger partial charge in [0.15, 0.2) is 6.61 Å². The van der Waals surface area contributed by atoms with Gasteiger partial charge in [0.2, 0.25) is 0 Å². The first-order valence-electron chi connectivity index (χ1n) is 7.27. The van der Waals surface area contributed by atoms with E-state index in [9.17, 15) is 19.2 Å². The summed E-state index contributed by atoms with van der Waals surface area (Å²) in [7, 11) is 0. The van der Waals surface area contributed by atoms with E-state index in [2.05, 4.69) is 5.32 Å². The lowest BCUT2D eigenvalue weighted by atomic mass is 10.1. The second-order valence-electron chi connectivity index (χ2n) is 5.31. The molecule has 8 nitrogen and oxygen atoms in total. The zero-order valence-corrected chi connectivity index (χ0v) is 13.2. The molecule has 1 rings (SSSR count). The average Bonchev–Trinajstić information content (AvgIpc) is 2.47. The lowest BCUT2D eigenvalue weighted by Crippen LogP contribution is -2.42. The molecule has 0 unspecified atom stereocenters. The van der Waals surface area contributed by atoms with E-state index in [0.717, 1.165) is 11.0 Å². The lowest BCUT2D eigenvalue weighted by Gasteiger charge is -2.09. The Morgan fingerprint density at radius 2 is 2.00 bits per heavy atom. The summed E-state index contributed by atoms with van der Waals surface area (Å²) in [4.78, 5) is 45.8. The maximum absolute atomic E-state index is 11.5. The smallest absolute Gasteiger partial charge is 0.326 e. The fraction of sp³-hybridized carbons (Fsp3) is 0.467. The molecule has 0 atom stereocenters. The van der Waals surface area contributed by atoms with Gasteiger partial charge < -0.3 is 14.6 Å². The Bertz CT molecular complexity index is 609. The number of esters is 1. The molecule has 0 saturated heterocycles. The van der Waals surface area contributed by atoms with Gasteiger partial charge in [-0.2, -0.15) is 0 Å². The van der Waals surface area contributed by atoms with E-state index in [1.807, 2.05) is 19.2 Å². The summed E-state index contributed by atoms with van der Waals surface area (Å²) in [5.74, 6) is -1.04. The molecule has 0 aliphatic carbocycles. The summed E-state index contributed by atoms with van der Waals surface area (Å²) in [5.41, 5.74) is -0.349. The van der Waals surface area contributed by atoms with Crippen LogP contribution in [0, 0.1) is 5.92 Å². The third-order valence-corrected chi connectivity index (χ3v) is 2.82. The number of nitrogens with one attached hydrogen (secondary N) is 2. The maximum Gasteiger partial charge on any atom is 0.326 e. The van der Waals surface area contributed by atoms with Gasteiger partial charge in [0, 0.05) is 18.8 Å². The summed E-state index contributed by atoms with van der Waals surface area (Å²) >= 11 is 0. The molecule has 23 heavy (non-hydrogen) atoms. The van der Waals surface area contributed by atoms with Gasteiger partial charge in [0.05, 0.1) is 0 Å². The fourth-order valence-electron chi connectivity index (χ4n) is 1.60. The molecule has 2 N–H and O–H groups in total. The van der Waals surface area contributed by atoms with Crippen molar-refractivity contribution in [2.45, 2.75) is 26.8 Å². The SMILES string of the molecule is CC(C)CCNC(=O)NC(=O)COC(=O)Cn1ccccc1=O. The number of carbonyl (C=O) groups is 3. The molecule has 1 aromatic heterocycles. The van der Waals surface area contributed by atoms with Crippen LogP contribution < -0.4 is 16.2 Å². The second-order valence-corrected chi connectivity index (χ2v) is 5.31. The van der Waals surface area contributed by atoms with Gasteiger partial charge in [-0.25, -0.2) is 4.79 Å². The summed E-state index contributed by atoms with van der Waals surface area (Å²) in [6.45, 7) is 3.60. The van der Waals surface area contributed by atoms with Gasteiger partial charge in [0.25, 0.3) is 11.5 Å². The molecule has 126 valence electrons. The minimum absolute atomic E-state index is 0.298. The summed E-state index contributed by atoms with van der Waals surface area (Å²) in [5, 5.41) is 4.57. The van der Waals surface area contributed by atoms with Gasteiger partial charge in [0.1, 0.15) is 6.54 Å². The Labute approximate surface area is 133 Å². The van der Waals surface area contributed by atoms with Crippen molar-refractivity contribution in [2.24, 2.45) is 5.92 Å². The fourth-order valence-corrected chi connectivity index (χ4v) is 1.60. The van der Waals surface area contributed by atoms with E-state index < -0.39 is 24.5 Å². The van der Waals surface area contributed by atoms with Crippen molar-refractivity contribution in [2.75, 3.05) is 13.2 Å². The monoisotopic (exact) mass is 323 g/mol. The predicted molar refractivity (Wildman–Crippen MR) is 82.7 cm³/mol. The van der Waals surface area contributed by atoms with Crippen LogP contribution in [0.3, 0.4) is 0 Å². The van der Waals surface area contributed by atoms with Crippen LogP contribution >= 0.6 is 0 Å². The summed E-state index contributed by atoms with van der Waals surface area (Å²) in [6, 6.07) is 3.82. The zero-order valence-electron chi connectivity index (χ0n) is 13.2. The molecule has 1 heterocycles. The van der Waals surface area contributed by atoms with Crippen molar-refractivity contribution in [1.82, 2.24) is 15.2 Å². The summed E-state index contributed by atoms with van der Waals surface area (Å²) in [6.07, 6.45) is 2.23. The maximum atomic E-state index is 11.5. The topological polar surface area (TPSA) is 106 Å². The van der Waals surface area contributed by atoms with Crippen LogP contribution in [0.4, 0.5) is 4.79 Å². The quantitative estimate of drug-likeness (QED) is 0.700. The standard InChI is InChI=1S/C15H21N3O5/c1-11(2)6-7-16-15(22)17-12(19)10-23-14(21)9-18-8-4-3-5-13(18)20/h3-5,8,11H,6-7,9-10H2,1-2H3,(H2,16,17,19,22). The van der Waals surface area contributed by atoms with E-state index in [1.54, 1.807) is 12.1 Å². The minimum atomic E-state index is -0.742.